The highest BCUT2D eigenvalue weighted by Gasteiger charge is 2.24. The van der Waals surface area contributed by atoms with Crippen LogP contribution in [0.4, 0.5) is 13.6 Å². The lowest BCUT2D eigenvalue weighted by Crippen LogP contribution is -2.44. The van der Waals surface area contributed by atoms with E-state index in [0.717, 1.165) is 0 Å². The third kappa shape index (κ3) is 4.16. The van der Waals surface area contributed by atoms with Gasteiger partial charge in [-0.1, -0.05) is 12.1 Å². The predicted molar refractivity (Wildman–Crippen MR) is 103 cm³/mol. The molecule has 4 rings (SSSR count). The van der Waals surface area contributed by atoms with Crippen LogP contribution < -0.4 is 10.9 Å². The second kappa shape index (κ2) is 7.83. The molecule has 0 atom stereocenters. The molecule has 8 heteroatoms. The van der Waals surface area contributed by atoms with Gasteiger partial charge < -0.3 is 15.2 Å². The van der Waals surface area contributed by atoms with E-state index in [1.54, 1.807) is 17.0 Å². The fourth-order valence-electron chi connectivity index (χ4n) is 3.29. The number of carbonyl (C=O) groups excluding carboxylic acids is 1. The zero-order chi connectivity index (χ0) is 20.4. The highest BCUT2D eigenvalue weighted by Crippen LogP contribution is 2.19. The summed E-state index contributed by atoms with van der Waals surface area (Å²) in [4.78, 5) is 33.7. The summed E-state index contributed by atoms with van der Waals surface area (Å²) in [7, 11) is 0. The molecule has 148 valence electrons. The molecule has 0 saturated heterocycles. The van der Waals surface area contributed by atoms with E-state index < -0.39 is 0 Å². The highest BCUT2D eigenvalue weighted by atomic mass is 19.1. The number of urea groups is 1. The van der Waals surface area contributed by atoms with E-state index in [-0.39, 0.29) is 36.3 Å². The van der Waals surface area contributed by atoms with Crippen molar-refractivity contribution in [2.75, 3.05) is 6.54 Å². The monoisotopic (exact) mass is 396 g/mol. The molecular formula is C21H18F2N4O2. The van der Waals surface area contributed by atoms with Gasteiger partial charge in [0.25, 0.3) is 5.56 Å². The molecule has 0 saturated carbocycles. The van der Waals surface area contributed by atoms with E-state index in [0.29, 0.717) is 41.2 Å². The van der Waals surface area contributed by atoms with Gasteiger partial charge in [-0.25, -0.2) is 18.6 Å². The first-order valence-electron chi connectivity index (χ1n) is 9.15. The molecule has 0 spiro atoms. The van der Waals surface area contributed by atoms with E-state index in [1.807, 2.05) is 0 Å². The summed E-state index contributed by atoms with van der Waals surface area (Å²) < 4.78 is 26.4. The van der Waals surface area contributed by atoms with Crippen LogP contribution in [0, 0.1) is 11.6 Å². The number of H-pyrrole nitrogens is 1. The number of carbonyl (C=O) groups is 1. The topological polar surface area (TPSA) is 78.1 Å². The standard InChI is InChI=1S/C21H18F2N4O2/c22-15-6-4-14(5-7-15)19-25-18-12-27(9-8-17(18)20(28)26-19)21(29)24-11-13-2-1-3-16(23)10-13/h1-7,10H,8-9,11-12H2,(H,24,29)(H,25,26,28). The zero-order valence-electron chi connectivity index (χ0n) is 15.4. The quantitative estimate of drug-likeness (QED) is 0.715. The maximum absolute atomic E-state index is 13.3. The Morgan fingerprint density at radius 3 is 2.69 bits per heavy atom. The molecule has 2 amide bonds. The Hall–Kier alpha value is -3.55. The van der Waals surface area contributed by atoms with Crippen LogP contribution in [0.15, 0.2) is 53.3 Å². The second-order valence-electron chi connectivity index (χ2n) is 6.81. The highest BCUT2D eigenvalue weighted by molar-refractivity contribution is 5.74. The molecule has 0 aliphatic carbocycles. The Kier molecular flexibility index (Phi) is 5.07. The average molecular weight is 396 g/mol. The number of hydrogen-bond donors (Lipinski definition) is 2. The predicted octanol–water partition coefficient (Wildman–Crippen LogP) is 2.98. The molecular weight excluding hydrogens is 378 g/mol. The Bertz CT molecular complexity index is 1110. The fourth-order valence-corrected chi connectivity index (χ4v) is 3.29. The first-order chi connectivity index (χ1) is 14.0. The van der Waals surface area contributed by atoms with Crippen molar-refractivity contribution < 1.29 is 13.6 Å². The molecule has 2 aromatic carbocycles. The van der Waals surface area contributed by atoms with Crippen molar-refractivity contribution in [2.45, 2.75) is 19.5 Å². The lowest BCUT2D eigenvalue weighted by Gasteiger charge is -2.28. The summed E-state index contributed by atoms with van der Waals surface area (Å²) in [5.74, 6) is -0.411. The first kappa shape index (κ1) is 18.8. The minimum Gasteiger partial charge on any atom is -0.334 e. The van der Waals surface area contributed by atoms with E-state index in [1.165, 1.54) is 36.4 Å². The molecule has 1 aliphatic rings. The summed E-state index contributed by atoms with van der Waals surface area (Å²) in [6.07, 6.45) is 0.384. The van der Waals surface area contributed by atoms with Crippen LogP contribution in [0.1, 0.15) is 16.8 Å². The number of fused-ring (bicyclic) bond motifs is 1. The van der Waals surface area contributed by atoms with Crippen LogP contribution >= 0.6 is 0 Å². The van der Waals surface area contributed by atoms with Crippen molar-refractivity contribution in [3.8, 4) is 11.4 Å². The number of hydrogen-bond acceptors (Lipinski definition) is 3. The number of nitrogens with one attached hydrogen (secondary N) is 2. The lowest BCUT2D eigenvalue weighted by atomic mass is 10.1. The van der Waals surface area contributed by atoms with Crippen molar-refractivity contribution in [3.63, 3.8) is 0 Å². The van der Waals surface area contributed by atoms with Gasteiger partial charge in [0.1, 0.15) is 17.5 Å². The van der Waals surface area contributed by atoms with E-state index >= 15 is 0 Å². The molecule has 6 nitrogen and oxygen atoms in total. The van der Waals surface area contributed by atoms with E-state index in [9.17, 15) is 18.4 Å². The number of aromatic nitrogens is 2. The number of benzene rings is 2. The molecule has 2 heterocycles. The average Bonchev–Trinajstić information content (AvgIpc) is 2.72. The molecule has 1 aromatic heterocycles. The van der Waals surface area contributed by atoms with Crippen LogP contribution in [0.5, 0.6) is 0 Å². The largest absolute Gasteiger partial charge is 0.334 e. The van der Waals surface area contributed by atoms with Crippen LogP contribution in [-0.2, 0) is 19.5 Å². The molecule has 0 unspecified atom stereocenters. The molecule has 0 bridgehead atoms. The van der Waals surface area contributed by atoms with Crippen LogP contribution in [0.3, 0.4) is 0 Å². The van der Waals surface area contributed by atoms with Crippen molar-refractivity contribution in [2.24, 2.45) is 0 Å². The van der Waals surface area contributed by atoms with Crippen molar-refractivity contribution >= 4 is 6.03 Å². The second-order valence-corrected chi connectivity index (χ2v) is 6.81. The Morgan fingerprint density at radius 1 is 1.14 bits per heavy atom. The van der Waals surface area contributed by atoms with Gasteiger partial charge >= 0.3 is 6.03 Å². The number of aromatic amines is 1. The fraction of sp³-hybridized carbons (Fsp3) is 0.190. The third-order valence-corrected chi connectivity index (χ3v) is 4.81. The minimum absolute atomic E-state index is 0.183. The van der Waals surface area contributed by atoms with Crippen molar-refractivity contribution in [1.82, 2.24) is 20.2 Å². The molecule has 2 N–H and O–H groups in total. The van der Waals surface area contributed by atoms with Gasteiger partial charge in [-0.2, -0.15) is 0 Å². The van der Waals surface area contributed by atoms with Crippen molar-refractivity contribution in [3.05, 3.63) is 87.3 Å². The van der Waals surface area contributed by atoms with Gasteiger partial charge in [-0.05, 0) is 48.4 Å². The van der Waals surface area contributed by atoms with Crippen LogP contribution in [0.25, 0.3) is 11.4 Å². The van der Waals surface area contributed by atoms with Gasteiger partial charge in [-0.3, -0.25) is 4.79 Å². The van der Waals surface area contributed by atoms with Gasteiger partial charge in [0.05, 0.1) is 12.2 Å². The maximum Gasteiger partial charge on any atom is 0.318 e. The maximum atomic E-state index is 13.3. The number of nitrogens with zero attached hydrogens (tertiary/aromatic N) is 2. The SMILES string of the molecule is O=C(NCc1cccc(F)c1)N1CCc2c(nc(-c3ccc(F)cc3)[nH]c2=O)C1. The number of rotatable bonds is 3. The lowest BCUT2D eigenvalue weighted by molar-refractivity contribution is 0.190. The van der Waals surface area contributed by atoms with Gasteiger partial charge in [0.15, 0.2) is 0 Å². The van der Waals surface area contributed by atoms with E-state index in [2.05, 4.69) is 15.3 Å². The molecule has 29 heavy (non-hydrogen) atoms. The van der Waals surface area contributed by atoms with Crippen LogP contribution in [-0.4, -0.2) is 27.4 Å². The molecule has 1 aliphatic heterocycles. The smallest absolute Gasteiger partial charge is 0.318 e. The molecule has 0 fully saturated rings. The Morgan fingerprint density at radius 2 is 1.93 bits per heavy atom. The van der Waals surface area contributed by atoms with Gasteiger partial charge in [0.2, 0.25) is 0 Å². The Balaban J connectivity index is 1.50. The van der Waals surface area contributed by atoms with Crippen molar-refractivity contribution in [1.29, 1.82) is 0 Å². The normalized spacial score (nSPS) is 13.1. The minimum atomic E-state index is -0.379. The van der Waals surface area contributed by atoms with Crippen LogP contribution in [0.2, 0.25) is 0 Å². The van der Waals surface area contributed by atoms with E-state index in [4.69, 9.17) is 0 Å². The number of amides is 2. The third-order valence-electron chi connectivity index (χ3n) is 4.81. The number of halogens is 2. The Labute approximate surface area is 165 Å². The summed E-state index contributed by atoms with van der Waals surface area (Å²) in [6.45, 7) is 0.759. The van der Waals surface area contributed by atoms with Gasteiger partial charge in [-0.15, -0.1) is 0 Å². The summed E-state index contributed by atoms with van der Waals surface area (Å²) in [5, 5.41) is 2.76. The summed E-state index contributed by atoms with van der Waals surface area (Å²) >= 11 is 0. The zero-order valence-corrected chi connectivity index (χ0v) is 15.4. The first-order valence-corrected chi connectivity index (χ1v) is 9.15. The molecule has 0 radical (unpaired) electrons. The molecule has 3 aromatic rings. The summed E-state index contributed by atoms with van der Waals surface area (Å²) in [6, 6.07) is 11.4. The van der Waals surface area contributed by atoms with Gasteiger partial charge in [0, 0.05) is 24.2 Å². The summed E-state index contributed by atoms with van der Waals surface area (Å²) in [5.41, 5.74) is 2.04.